The molecular weight excluding hydrogens is 196 g/mol. The van der Waals surface area contributed by atoms with Crippen LogP contribution in [0.2, 0.25) is 0 Å². The summed E-state index contributed by atoms with van der Waals surface area (Å²) in [5.41, 5.74) is 5.47. The standard InChI is InChI=1S/C10H18N2OS/c1-7-5-3-4-6-12(7)10(13)8(2)9(11)14/h7-8H,3-6H2,1-2H3,(H2,11,14). The molecule has 0 bridgehead atoms. The second kappa shape index (κ2) is 4.73. The smallest absolute Gasteiger partial charge is 0.232 e. The summed E-state index contributed by atoms with van der Waals surface area (Å²) < 4.78 is 0. The first-order valence-corrected chi connectivity index (χ1v) is 5.54. The molecule has 1 rings (SSSR count). The van der Waals surface area contributed by atoms with Crippen molar-refractivity contribution < 1.29 is 4.79 Å². The van der Waals surface area contributed by atoms with E-state index < -0.39 is 0 Å². The van der Waals surface area contributed by atoms with Crippen molar-refractivity contribution in [2.24, 2.45) is 11.7 Å². The van der Waals surface area contributed by atoms with Gasteiger partial charge in [-0.1, -0.05) is 12.2 Å². The van der Waals surface area contributed by atoms with Crippen molar-refractivity contribution >= 4 is 23.1 Å². The van der Waals surface area contributed by atoms with E-state index in [1.165, 1.54) is 6.42 Å². The quantitative estimate of drug-likeness (QED) is 0.705. The number of carbonyl (C=O) groups excluding carboxylic acids is 1. The summed E-state index contributed by atoms with van der Waals surface area (Å²) in [7, 11) is 0. The van der Waals surface area contributed by atoms with Gasteiger partial charge in [0, 0.05) is 12.6 Å². The van der Waals surface area contributed by atoms with Gasteiger partial charge in [-0.3, -0.25) is 4.79 Å². The number of likely N-dealkylation sites (tertiary alicyclic amines) is 1. The largest absolute Gasteiger partial charge is 0.393 e. The highest BCUT2D eigenvalue weighted by atomic mass is 32.1. The molecule has 0 aliphatic carbocycles. The highest BCUT2D eigenvalue weighted by Crippen LogP contribution is 2.18. The van der Waals surface area contributed by atoms with Crippen LogP contribution in [0.3, 0.4) is 0 Å². The lowest BCUT2D eigenvalue weighted by molar-refractivity contribution is -0.136. The molecule has 0 spiro atoms. The van der Waals surface area contributed by atoms with E-state index in [2.05, 4.69) is 6.92 Å². The molecule has 1 saturated heterocycles. The summed E-state index contributed by atoms with van der Waals surface area (Å²) in [5.74, 6) is -0.227. The number of hydrogen-bond donors (Lipinski definition) is 1. The van der Waals surface area contributed by atoms with Crippen LogP contribution in [0.25, 0.3) is 0 Å². The van der Waals surface area contributed by atoms with E-state index in [0.717, 1.165) is 19.4 Å². The number of amides is 1. The molecule has 2 N–H and O–H groups in total. The number of hydrogen-bond acceptors (Lipinski definition) is 2. The summed E-state index contributed by atoms with van der Waals surface area (Å²) in [6, 6.07) is 0.341. The van der Waals surface area contributed by atoms with Gasteiger partial charge in [0.2, 0.25) is 5.91 Å². The number of carbonyl (C=O) groups is 1. The Kier molecular flexibility index (Phi) is 3.86. The third-order valence-electron chi connectivity index (χ3n) is 2.88. The summed E-state index contributed by atoms with van der Waals surface area (Å²) >= 11 is 4.83. The first-order chi connectivity index (χ1) is 6.54. The van der Waals surface area contributed by atoms with Gasteiger partial charge in [-0.05, 0) is 33.1 Å². The first kappa shape index (κ1) is 11.4. The minimum atomic E-state index is -0.314. The zero-order valence-corrected chi connectivity index (χ0v) is 9.64. The molecule has 0 aromatic rings. The van der Waals surface area contributed by atoms with Gasteiger partial charge in [-0.25, -0.2) is 0 Å². The number of nitrogens with zero attached hydrogens (tertiary/aromatic N) is 1. The van der Waals surface area contributed by atoms with Gasteiger partial charge in [0.15, 0.2) is 0 Å². The molecule has 0 saturated carbocycles. The van der Waals surface area contributed by atoms with Crippen molar-refractivity contribution in [1.29, 1.82) is 0 Å². The van der Waals surface area contributed by atoms with Crippen LogP contribution in [0.1, 0.15) is 33.1 Å². The highest BCUT2D eigenvalue weighted by molar-refractivity contribution is 7.80. The Labute approximate surface area is 90.6 Å². The Bertz CT molecular complexity index is 242. The molecule has 0 radical (unpaired) electrons. The molecule has 2 unspecified atom stereocenters. The van der Waals surface area contributed by atoms with E-state index in [1.54, 1.807) is 6.92 Å². The van der Waals surface area contributed by atoms with Gasteiger partial charge in [-0.15, -0.1) is 0 Å². The average Bonchev–Trinajstić information content (AvgIpc) is 2.16. The van der Waals surface area contributed by atoms with Crippen LogP contribution in [0.4, 0.5) is 0 Å². The van der Waals surface area contributed by atoms with Crippen molar-refractivity contribution in [2.45, 2.75) is 39.2 Å². The molecule has 80 valence electrons. The summed E-state index contributed by atoms with van der Waals surface area (Å²) in [5, 5.41) is 0. The topological polar surface area (TPSA) is 46.3 Å². The summed E-state index contributed by atoms with van der Waals surface area (Å²) in [6.07, 6.45) is 3.41. The monoisotopic (exact) mass is 214 g/mol. The van der Waals surface area contributed by atoms with Gasteiger partial charge in [0.25, 0.3) is 0 Å². The van der Waals surface area contributed by atoms with Crippen molar-refractivity contribution in [3.63, 3.8) is 0 Å². The molecule has 0 aromatic carbocycles. The molecule has 2 atom stereocenters. The zero-order chi connectivity index (χ0) is 10.7. The Morgan fingerprint density at radius 3 is 2.71 bits per heavy atom. The first-order valence-electron chi connectivity index (χ1n) is 5.14. The maximum atomic E-state index is 11.9. The molecule has 1 fully saturated rings. The normalized spacial score (nSPS) is 24.4. The van der Waals surface area contributed by atoms with Crippen LogP contribution in [-0.4, -0.2) is 28.4 Å². The fourth-order valence-corrected chi connectivity index (χ4v) is 1.90. The van der Waals surface area contributed by atoms with Crippen LogP contribution in [0.15, 0.2) is 0 Å². The Balaban J connectivity index is 2.62. The number of rotatable bonds is 2. The Morgan fingerprint density at radius 2 is 2.21 bits per heavy atom. The summed E-state index contributed by atoms with van der Waals surface area (Å²) in [6.45, 7) is 4.72. The lowest BCUT2D eigenvalue weighted by Gasteiger charge is -2.35. The minimum Gasteiger partial charge on any atom is -0.393 e. The SMILES string of the molecule is CC(C(=O)N1CCCCC1C)C(N)=S. The van der Waals surface area contributed by atoms with Crippen molar-refractivity contribution in [1.82, 2.24) is 4.90 Å². The minimum absolute atomic E-state index is 0.0877. The number of piperidine rings is 1. The molecule has 3 nitrogen and oxygen atoms in total. The lowest BCUT2D eigenvalue weighted by Crippen LogP contribution is -2.46. The van der Waals surface area contributed by atoms with E-state index in [9.17, 15) is 4.79 Å². The fourth-order valence-electron chi connectivity index (χ4n) is 1.80. The van der Waals surface area contributed by atoms with Gasteiger partial charge >= 0.3 is 0 Å². The van der Waals surface area contributed by atoms with E-state index in [0.29, 0.717) is 11.0 Å². The highest BCUT2D eigenvalue weighted by Gasteiger charge is 2.27. The second-order valence-corrected chi connectivity index (χ2v) is 4.47. The molecule has 1 heterocycles. The van der Waals surface area contributed by atoms with E-state index in [1.807, 2.05) is 4.90 Å². The molecular formula is C10H18N2OS. The number of nitrogens with two attached hydrogens (primary N) is 1. The summed E-state index contributed by atoms with van der Waals surface area (Å²) in [4.78, 5) is 14.1. The maximum absolute atomic E-state index is 11.9. The van der Waals surface area contributed by atoms with Crippen LogP contribution in [0, 0.1) is 5.92 Å². The molecule has 14 heavy (non-hydrogen) atoms. The van der Waals surface area contributed by atoms with Gasteiger partial charge in [-0.2, -0.15) is 0 Å². The Morgan fingerprint density at radius 1 is 1.57 bits per heavy atom. The average molecular weight is 214 g/mol. The molecule has 4 heteroatoms. The Hall–Kier alpha value is -0.640. The van der Waals surface area contributed by atoms with Gasteiger partial charge in [0.05, 0.1) is 10.9 Å². The predicted octanol–water partition coefficient (Wildman–Crippen LogP) is 1.31. The van der Waals surface area contributed by atoms with Crippen molar-refractivity contribution in [3.8, 4) is 0 Å². The molecule has 1 amide bonds. The predicted molar refractivity (Wildman–Crippen MR) is 61.0 cm³/mol. The molecule has 1 aliphatic rings. The lowest BCUT2D eigenvalue weighted by atomic mass is 10.0. The molecule has 1 aliphatic heterocycles. The van der Waals surface area contributed by atoms with Gasteiger partial charge in [0.1, 0.15) is 0 Å². The second-order valence-electron chi connectivity index (χ2n) is 4.00. The zero-order valence-electron chi connectivity index (χ0n) is 8.82. The van der Waals surface area contributed by atoms with E-state index in [4.69, 9.17) is 18.0 Å². The fraction of sp³-hybridized carbons (Fsp3) is 0.800. The van der Waals surface area contributed by atoms with Crippen LogP contribution >= 0.6 is 12.2 Å². The van der Waals surface area contributed by atoms with Crippen LogP contribution in [0.5, 0.6) is 0 Å². The molecule has 0 aromatic heterocycles. The number of thiocarbonyl (C=S) groups is 1. The van der Waals surface area contributed by atoms with Crippen molar-refractivity contribution in [3.05, 3.63) is 0 Å². The third kappa shape index (κ3) is 2.44. The third-order valence-corrected chi connectivity index (χ3v) is 3.24. The van der Waals surface area contributed by atoms with Crippen LogP contribution < -0.4 is 5.73 Å². The van der Waals surface area contributed by atoms with E-state index in [-0.39, 0.29) is 11.8 Å². The van der Waals surface area contributed by atoms with Gasteiger partial charge < -0.3 is 10.6 Å². The van der Waals surface area contributed by atoms with E-state index >= 15 is 0 Å². The maximum Gasteiger partial charge on any atom is 0.232 e. The van der Waals surface area contributed by atoms with Crippen molar-refractivity contribution in [2.75, 3.05) is 6.54 Å². The van der Waals surface area contributed by atoms with Crippen LogP contribution in [-0.2, 0) is 4.79 Å².